The van der Waals surface area contributed by atoms with E-state index >= 15 is 0 Å². The average molecular weight is 531 g/mol. The van der Waals surface area contributed by atoms with Crippen molar-refractivity contribution >= 4 is 42.3 Å². The van der Waals surface area contributed by atoms with Crippen LogP contribution in [0, 0.1) is 0 Å². The average Bonchev–Trinajstić information content (AvgIpc) is 2.86. The summed E-state index contributed by atoms with van der Waals surface area (Å²) in [4.78, 5) is 61.0. The van der Waals surface area contributed by atoms with Gasteiger partial charge in [-0.05, 0) is 11.1 Å². The van der Waals surface area contributed by atoms with E-state index in [2.05, 4.69) is 28.6 Å². The molecule has 0 fully saturated rings. The Balaban J connectivity index is 2.17. The van der Waals surface area contributed by atoms with Gasteiger partial charge in [-0.1, -0.05) is 60.7 Å². The Kier molecular flexibility index (Phi) is 11.6. The second kappa shape index (κ2) is 14.6. The van der Waals surface area contributed by atoms with Crippen LogP contribution in [-0.2, 0) is 36.8 Å². The van der Waals surface area contributed by atoms with Gasteiger partial charge in [0, 0.05) is 18.6 Å². The molecular formula is C25H30N4O7S. The summed E-state index contributed by atoms with van der Waals surface area (Å²) in [6.07, 6.45) is -0.559. The number of carboxylic acids is 2. The minimum absolute atomic E-state index is 0.0324. The molecular weight excluding hydrogens is 500 g/mol. The normalized spacial score (nSPS) is 13.9. The van der Waals surface area contributed by atoms with Gasteiger partial charge in [0.1, 0.15) is 18.1 Å². The summed E-state index contributed by atoms with van der Waals surface area (Å²) < 4.78 is 0. The van der Waals surface area contributed by atoms with E-state index in [1.165, 1.54) is 0 Å². The quantitative estimate of drug-likeness (QED) is 0.163. The fourth-order valence-corrected chi connectivity index (χ4v) is 3.66. The fraction of sp³-hybridized carbons (Fsp3) is 0.320. The monoisotopic (exact) mass is 530 g/mol. The summed E-state index contributed by atoms with van der Waals surface area (Å²) in [5, 5.41) is 25.8. The van der Waals surface area contributed by atoms with Crippen molar-refractivity contribution in [2.75, 3.05) is 5.75 Å². The van der Waals surface area contributed by atoms with E-state index in [0.717, 1.165) is 0 Å². The summed E-state index contributed by atoms with van der Waals surface area (Å²) in [5.74, 6) is -5.05. The third-order valence-electron chi connectivity index (χ3n) is 5.36. The number of thiol groups is 1. The van der Waals surface area contributed by atoms with Crippen LogP contribution in [0.2, 0.25) is 0 Å². The third kappa shape index (κ3) is 9.94. The number of hydrogen-bond acceptors (Lipinski definition) is 7. The summed E-state index contributed by atoms with van der Waals surface area (Å²) in [6, 6.07) is 12.5. The van der Waals surface area contributed by atoms with Gasteiger partial charge in [-0.15, -0.1) is 0 Å². The molecule has 4 unspecified atom stereocenters. The molecule has 0 aliphatic heterocycles. The molecule has 0 aliphatic rings. The first kappa shape index (κ1) is 29.3. The van der Waals surface area contributed by atoms with Crippen LogP contribution < -0.4 is 21.7 Å². The molecule has 2 aromatic rings. The van der Waals surface area contributed by atoms with Crippen LogP contribution in [0.3, 0.4) is 0 Å². The van der Waals surface area contributed by atoms with E-state index < -0.39 is 60.2 Å². The standard InChI is InChI=1S/C25H30N4O7S/c26-17(13-21(30)31)22(32)29-20(14-37)24(34)27-18(11-15-7-3-1-4-8-15)23(33)28-19(25(35)36)12-16-9-5-2-6-10-16/h1-10,17-20,37H,11-14,26H2,(H,27,34)(H,28,33)(H,29,32)(H,30,31)(H,35,36). The maximum absolute atomic E-state index is 13.2. The smallest absolute Gasteiger partial charge is 0.326 e. The molecule has 2 rings (SSSR count). The Morgan fingerprint density at radius 1 is 0.703 bits per heavy atom. The lowest BCUT2D eigenvalue weighted by Crippen LogP contribution is -2.58. The molecule has 0 saturated heterocycles. The summed E-state index contributed by atoms with van der Waals surface area (Å²) in [5.41, 5.74) is 6.95. The van der Waals surface area contributed by atoms with Gasteiger partial charge < -0.3 is 31.9 Å². The van der Waals surface area contributed by atoms with Crippen molar-refractivity contribution in [1.29, 1.82) is 0 Å². The number of hydrogen-bond donors (Lipinski definition) is 7. The predicted octanol–water partition coefficient (Wildman–Crippen LogP) is -0.257. The predicted molar refractivity (Wildman–Crippen MR) is 138 cm³/mol. The minimum atomic E-state index is -1.38. The molecule has 0 spiro atoms. The van der Waals surface area contributed by atoms with Crippen LogP contribution in [0.5, 0.6) is 0 Å². The van der Waals surface area contributed by atoms with Gasteiger partial charge in [-0.3, -0.25) is 19.2 Å². The van der Waals surface area contributed by atoms with E-state index in [1.54, 1.807) is 60.7 Å². The van der Waals surface area contributed by atoms with Gasteiger partial charge in [-0.25, -0.2) is 4.79 Å². The van der Waals surface area contributed by atoms with Crippen molar-refractivity contribution in [1.82, 2.24) is 16.0 Å². The minimum Gasteiger partial charge on any atom is -0.481 e. The SMILES string of the molecule is NC(CC(=O)O)C(=O)NC(CS)C(=O)NC(Cc1ccccc1)C(=O)NC(Cc1ccccc1)C(=O)O. The zero-order valence-electron chi connectivity index (χ0n) is 19.9. The molecule has 7 N–H and O–H groups in total. The first-order chi connectivity index (χ1) is 17.6. The summed E-state index contributed by atoms with van der Waals surface area (Å²) >= 11 is 4.07. The molecule has 37 heavy (non-hydrogen) atoms. The zero-order chi connectivity index (χ0) is 27.4. The number of amides is 3. The molecule has 0 bridgehead atoms. The molecule has 2 aromatic carbocycles. The van der Waals surface area contributed by atoms with Crippen LogP contribution in [0.4, 0.5) is 0 Å². The molecule has 11 nitrogen and oxygen atoms in total. The van der Waals surface area contributed by atoms with Crippen LogP contribution in [0.15, 0.2) is 60.7 Å². The van der Waals surface area contributed by atoms with E-state index in [4.69, 9.17) is 10.8 Å². The first-order valence-corrected chi connectivity index (χ1v) is 12.0. The second-order valence-electron chi connectivity index (χ2n) is 8.29. The molecule has 198 valence electrons. The number of rotatable bonds is 14. The van der Waals surface area contributed by atoms with E-state index in [-0.39, 0.29) is 18.6 Å². The maximum atomic E-state index is 13.2. The topological polar surface area (TPSA) is 188 Å². The Labute approximate surface area is 219 Å². The number of nitrogens with one attached hydrogen (secondary N) is 3. The van der Waals surface area contributed by atoms with Gasteiger partial charge in [0.05, 0.1) is 12.5 Å². The van der Waals surface area contributed by atoms with Crippen LogP contribution >= 0.6 is 12.6 Å². The molecule has 0 saturated carbocycles. The second-order valence-corrected chi connectivity index (χ2v) is 8.65. The van der Waals surface area contributed by atoms with Crippen molar-refractivity contribution < 1.29 is 34.2 Å². The van der Waals surface area contributed by atoms with Crippen LogP contribution in [-0.4, -0.2) is 69.8 Å². The third-order valence-corrected chi connectivity index (χ3v) is 5.72. The molecule has 3 amide bonds. The number of benzene rings is 2. The Hall–Kier alpha value is -3.90. The lowest BCUT2D eigenvalue weighted by molar-refractivity contribution is -0.142. The number of aliphatic carboxylic acids is 2. The lowest BCUT2D eigenvalue weighted by Gasteiger charge is -2.24. The van der Waals surface area contributed by atoms with Crippen molar-refractivity contribution in [3.8, 4) is 0 Å². The largest absolute Gasteiger partial charge is 0.481 e. The molecule has 4 atom stereocenters. The van der Waals surface area contributed by atoms with E-state index in [9.17, 15) is 29.1 Å². The Morgan fingerprint density at radius 2 is 1.14 bits per heavy atom. The molecule has 0 aromatic heterocycles. The fourth-order valence-electron chi connectivity index (χ4n) is 3.41. The van der Waals surface area contributed by atoms with Crippen LogP contribution in [0.25, 0.3) is 0 Å². The highest BCUT2D eigenvalue weighted by Crippen LogP contribution is 2.08. The molecule has 0 heterocycles. The number of nitrogens with two attached hydrogens (primary N) is 1. The van der Waals surface area contributed by atoms with Crippen molar-refractivity contribution in [3.05, 3.63) is 71.8 Å². The Morgan fingerprint density at radius 3 is 1.59 bits per heavy atom. The molecule has 12 heteroatoms. The van der Waals surface area contributed by atoms with Gasteiger partial charge in [0.15, 0.2) is 0 Å². The van der Waals surface area contributed by atoms with Gasteiger partial charge >= 0.3 is 11.9 Å². The van der Waals surface area contributed by atoms with Crippen molar-refractivity contribution in [3.63, 3.8) is 0 Å². The summed E-state index contributed by atoms with van der Waals surface area (Å²) in [7, 11) is 0. The molecule has 0 radical (unpaired) electrons. The summed E-state index contributed by atoms with van der Waals surface area (Å²) in [6.45, 7) is 0. The lowest BCUT2D eigenvalue weighted by atomic mass is 10.0. The highest BCUT2D eigenvalue weighted by molar-refractivity contribution is 7.80. The van der Waals surface area contributed by atoms with E-state index in [0.29, 0.717) is 11.1 Å². The molecule has 0 aliphatic carbocycles. The van der Waals surface area contributed by atoms with Crippen LogP contribution in [0.1, 0.15) is 17.5 Å². The highest BCUT2D eigenvalue weighted by Gasteiger charge is 2.30. The zero-order valence-corrected chi connectivity index (χ0v) is 20.8. The Bertz CT molecular complexity index is 1080. The van der Waals surface area contributed by atoms with Crippen molar-refractivity contribution in [2.45, 2.75) is 43.4 Å². The maximum Gasteiger partial charge on any atom is 0.326 e. The first-order valence-electron chi connectivity index (χ1n) is 11.4. The number of carbonyl (C=O) groups excluding carboxylic acids is 3. The van der Waals surface area contributed by atoms with Gasteiger partial charge in [0.2, 0.25) is 17.7 Å². The number of carboxylic acid groups (broad SMARTS) is 2. The number of carbonyl (C=O) groups is 5. The van der Waals surface area contributed by atoms with Crippen molar-refractivity contribution in [2.24, 2.45) is 5.73 Å². The van der Waals surface area contributed by atoms with Gasteiger partial charge in [-0.2, -0.15) is 12.6 Å². The van der Waals surface area contributed by atoms with Gasteiger partial charge in [0.25, 0.3) is 0 Å². The van der Waals surface area contributed by atoms with E-state index in [1.807, 2.05) is 0 Å². The highest BCUT2D eigenvalue weighted by atomic mass is 32.1.